The van der Waals surface area contributed by atoms with E-state index >= 15 is 0 Å². The fourth-order valence-corrected chi connectivity index (χ4v) is 1.34. The molecule has 1 N–H and O–H groups in total. The van der Waals surface area contributed by atoms with Crippen molar-refractivity contribution in [1.29, 1.82) is 0 Å². The third-order valence-corrected chi connectivity index (χ3v) is 2.01. The molecular formula is C9H7N3O4. The molecule has 0 amide bonds. The van der Waals surface area contributed by atoms with E-state index in [-0.39, 0.29) is 18.0 Å². The molecule has 0 aliphatic rings. The average Bonchev–Trinajstić information content (AvgIpc) is 2.64. The molecule has 16 heavy (non-hydrogen) atoms. The minimum Gasteiger partial charge on any atom is -0.392 e. The summed E-state index contributed by atoms with van der Waals surface area (Å²) in [7, 11) is 0. The van der Waals surface area contributed by atoms with E-state index < -0.39 is 10.7 Å². The Bertz CT molecular complexity index is 572. The highest BCUT2D eigenvalue weighted by molar-refractivity contribution is 5.40. The fraction of sp³-hybridized carbons (Fsp3) is 0.111. The van der Waals surface area contributed by atoms with Crippen molar-refractivity contribution in [2.45, 2.75) is 6.42 Å². The lowest BCUT2D eigenvalue weighted by Crippen LogP contribution is -1.96. The van der Waals surface area contributed by atoms with E-state index in [1.165, 1.54) is 6.07 Å². The van der Waals surface area contributed by atoms with Gasteiger partial charge in [-0.05, 0) is 0 Å². The van der Waals surface area contributed by atoms with Gasteiger partial charge < -0.3 is 4.42 Å². The van der Waals surface area contributed by atoms with Crippen molar-refractivity contribution in [2.75, 3.05) is 0 Å². The number of H-pyrrole nitrogens is 1. The topological polar surface area (TPSA) is 102 Å². The highest BCUT2D eigenvalue weighted by Gasteiger charge is 2.14. The standard InChI is InChI=1S/C9H7N3O4/c13-9-11-10-8(16-9)5-6-3-1-2-4-7(6)12(14)15/h1-4H,5H2,(H,11,13). The second-order valence-electron chi connectivity index (χ2n) is 3.07. The zero-order valence-electron chi connectivity index (χ0n) is 8.04. The molecule has 0 radical (unpaired) electrons. The van der Waals surface area contributed by atoms with Gasteiger partial charge in [-0.15, -0.1) is 5.10 Å². The first-order chi connectivity index (χ1) is 7.66. The van der Waals surface area contributed by atoms with Crippen molar-refractivity contribution < 1.29 is 9.34 Å². The first-order valence-corrected chi connectivity index (χ1v) is 4.43. The number of hydrogen-bond acceptors (Lipinski definition) is 5. The Labute approximate surface area is 88.9 Å². The zero-order chi connectivity index (χ0) is 11.5. The molecule has 0 aliphatic heterocycles. The third kappa shape index (κ3) is 1.97. The monoisotopic (exact) mass is 221 g/mol. The molecule has 7 nitrogen and oxygen atoms in total. The Kier molecular flexibility index (Phi) is 2.50. The third-order valence-electron chi connectivity index (χ3n) is 2.01. The molecule has 0 bridgehead atoms. The average molecular weight is 221 g/mol. The second-order valence-corrected chi connectivity index (χ2v) is 3.07. The van der Waals surface area contributed by atoms with Crippen molar-refractivity contribution in [3.63, 3.8) is 0 Å². The number of hydrogen-bond donors (Lipinski definition) is 1. The van der Waals surface area contributed by atoms with E-state index in [4.69, 9.17) is 0 Å². The van der Waals surface area contributed by atoms with Gasteiger partial charge in [-0.3, -0.25) is 10.1 Å². The van der Waals surface area contributed by atoms with Crippen LogP contribution in [0, 0.1) is 10.1 Å². The van der Waals surface area contributed by atoms with Crippen LogP contribution in [-0.4, -0.2) is 15.1 Å². The summed E-state index contributed by atoms with van der Waals surface area (Å²) in [4.78, 5) is 20.9. The van der Waals surface area contributed by atoms with Crippen molar-refractivity contribution in [3.8, 4) is 0 Å². The van der Waals surface area contributed by atoms with Crippen molar-refractivity contribution >= 4 is 5.69 Å². The number of nitrogens with one attached hydrogen (secondary N) is 1. The molecule has 0 atom stereocenters. The predicted molar refractivity (Wildman–Crippen MR) is 53.0 cm³/mol. The summed E-state index contributed by atoms with van der Waals surface area (Å²) in [6.07, 6.45) is 0.107. The Balaban J connectivity index is 2.34. The lowest BCUT2D eigenvalue weighted by atomic mass is 10.1. The van der Waals surface area contributed by atoms with Crippen LogP contribution in [0.5, 0.6) is 0 Å². The van der Waals surface area contributed by atoms with Gasteiger partial charge in [0.05, 0.1) is 11.3 Å². The predicted octanol–water partition coefficient (Wildman–Crippen LogP) is 0.862. The number of nitro groups is 1. The summed E-state index contributed by atoms with van der Waals surface area (Å²) in [5.74, 6) is -0.548. The van der Waals surface area contributed by atoms with Gasteiger partial charge in [-0.25, -0.2) is 9.89 Å². The maximum Gasteiger partial charge on any atom is 0.434 e. The molecule has 1 aromatic heterocycles. The van der Waals surface area contributed by atoms with E-state index in [9.17, 15) is 14.9 Å². The second kappa shape index (κ2) is 3.97. The molecule has 0 saturated carbocycles. The van der Waals surface area contributed by atoms with Crippen LogP contribution >= 0.6 is 0 Å². The van der Waals surface area contributed by atoms with E-state index in [1.54, 1.807) is 18.2 Å². The molecule has 2 rings (SSSR count). The normalized spacial score (nSPS) is 10.2. The molecule has 82 valence electrons. The minimum atomic E-state index is -0.673. The molecular weight excluding hydrogens is 214 g/mol. The van der Waals surface area contributed by atoms with Crippen LogP contribution in [0.2, 0.25) is 0 Å². The highest BCUT2D eigenvalue weighted by Crippen LogP contribution is 2.19. The van der Waals surface area contributed by atoms with Crippen LogP contribution in [0.4, 0.5) is 5.69 Å². The van der Waals surface area contributed by atoms with Gasteiger partial charge in [0, 0.05) is 11.6 Å². The number of aromatic amines is 1. The van der Waals surface area contributed by atoms with E-state index in [0.29, 0.717) is 5.56 Å². The van der Waals surface area contributed by atoms with Gasteiger partial charge in [0.1, 0.15) is 0 Å². The smallest absolute Gasteiger partial charge is 0.392 e. The maximum absolute atomic E-state index is 10.7. The summed E-state index contributed by atoms with van der Waals surface area (Å²) in [6, 6.07) is 6.22. The molecule has 1 heterocycles. The first-order valence-electron chi connectivity index (χ1n) is 4.43. The van der Waals surface area contributed by atoms with Crippen LogP contribution in [0.3, 0.4) is 0 Å². The van der Waals surface area contributed by atoms with Crippen LogP contribution < -0.4 is 5.76 Å². The van der Waals surface area contributed by atoms with Gasteiger partial charge in [0.2, 0.25) is 5.89 Å². The van der Waals surface area contributed by atoms with Gasteiger partial charge in [-0.2, -0.15) is 0 Å². The Morgan fingerprint density at radius 1 is 1.44 bits per heavy atom. The van der Waals surface area contributed by atoms with Gasteiger partial charge >= 0.3 is 5.76 Å². The maximum atomic E-state index is 10.7. The molecule has 2 aromatic rings. The van der Waals surface area contributed by atoms with Crippen LogP contribution in [-0.2, 0) is 6.42 Å². The van der Waals surface area contributed by atoms with Crippen molar-refractivity contribution in [1.82, 2.24) is 10.2 Å². The van der Waals surface area contributed by atoms with Crippen LogP contribution in [0.15, 0.2) is 33.5 Å². The molecule has 7 heteroatoms. The number of benzene rings is 1. The lowest BCUT2D eigenvalue weighted by Gasteiger charge is -1.98. The van der Waals surface area contributed by atoms with Crippen LogP contribution in [0.1, 0.15) is 11.5 Å². The quantitative estimate of drug-likeness (QED) is 0.611. The van der Waals surface area contributed by atoms with Gasteiger partial charge in [-0.1, -0.05) is 18.2 Å². The number of nitro benzene ring substituents is 1. The number of aromatic nitrogens is 2. The van der Waals surface area contributed by atoms with E-state index in [2.05, 4.69) is 14.6 Å². The molecule has 1 aromatic carbocycles. The number of para-hydroxylation sites is 1. The molecule has 0 fully saturated rings. The molecule has 0 spiro atoms. The van der Waals surface area contributed by atoms with Gasteiger partial charge in [0.15, 0.2) is 0 Å². The highest BCUT2D eigenvalue weighted by atomic mass is 16.6. The Hall–Kier alpha value is -2.44. The summed E-state index contributed by atoms with van der Waals surface area (Å²) in [5.41, 5.74) is 0.427. The first kappa shape index (κ1) is 10.1. The van der Waals surface area contributed by atoms with E-state index in [1.807, 2.05) is 0 Å². The molecule has 0 unspecified atom stereocenters. The molecule has 0 aliphatic carbocycles. The fourth-order valence-electron chi connectivity index (χ4n) is 1.34. The lowest BCUT2D eigenvalue weighted by molar-refractivity contribution is -0.385. The number of rotatable bonds is 3. The summed E-state index contributed by atoms with van der Waals surface area (Å²) in [6.45, 7) is 0. The van der Waals surface area contributed by atoms with Crippen molar-refractivity contribution in [3.05, 3.63) is 56.4 Å². The summed E-state index contributed by atoms with van der Waals surface area (Å²) < 4.78 is 4.68. The largest absolute Gasteiger partial charge is 0.434 e. The Morgan fingerprint density at radius 2 is 2.19 bits per heavy atom. The summed E-state index contributed by atoms with van der Waals surface area (Å²) >= 11 is 0. The SMILES string of the molecule is O=c1[nH]nc(Cc2ccccc2[N+](=O)[O-])o1. The Morgan fingerprint density at radius 3 is 2.81 bits per heavy atom. The van der Waals surface area contributed by atoms with E-state index in [0.717, 1.165) is 0 Å². The number of nitrogens with zero attached hydrogens (tertiary/aromatic N) is 2. The zero-order valence-corrected chi connectivity index (χ0v) is 8.04. The van der Waals surface area contributed by atoms with Crippen LogP contribution in [0.25, 0.3) is 0 Å². The van der Waals surface area contributed by atoms with Crippen molar-refractivity contribution in [2.24, 2.45) is 0 Å². The summed E-state index contributed by atoms with van der Waals surface area (Å²) in [5, 5.41) is 16.4. The molecule has 0 saturated heterocycles. The minimum absolute atomic E-state index is 0.0202. The van der Waals surface area contributed by atoms with Gasteiger partial charge in [0.25, 0.3) is 5.69 Å².